The van der Waals surface area contributed by atoms with Crippen molar-refractivity contribution in [3.63, 3.8) is 0 Å². The molecule has 4 heteroatoms. The molecule has 1 aliphatic heterocycles. The van der Waals surface area contributed by atoms with E-state index in [1.54, 1.807) is 18.2 Å². The Balaban J connectivity index is 2.45. The highest BCUT2D eigenvalue weighted by atomic mass is 16.7. The van der Waals surface area contributed by atoms with E-state index in [4.69, 9.17) is 14.6 Å². The fourth-order valence-electron chi connectivity index (χ4n) is 1.26. The summed E-state index contributed by atoms with van der Waals surface area (Å²) in [6.45, 7) is 0.0517. The molecule has 4 nitrogen and oxygen atoms in total. The molecule has 2 rings (SSSR count). The van der Waals surface area contributed by atoms with E-state index < -0.39 is 5.97 Å². The second kappa shape index (κ2) is 3.41. The Bertz CT molecular complexity index is 395. The number of hydrogen-bond acceptors (Lipinski definition) is 3. The van der Waals surface area contributed by atoms with Gasteiger partial charge in [-0.05, 0) is 12.1 Å². The van der Waals surface area contributed by atoms with E-state index in [-0.39, 0.29) is 6.79 Å². The molecule has 0 atom stereocenters. The van der Waals surface area contributed by atoms with Crippen LogP contribution in [0, 0.1) is 0 Å². The first-order valence-electron chi connectivity index (χ1n) is 4.07. The first kappa shape index (κ1) is 8.62. The minimum atomic E-state index is -1.03. The third-order valence-corrected chi connectivity index (χ3v) is 1.84. The van der Waals surface area contributed by atoms with Gasteiger partial charge in [0, 0.05) is 0 Å². The van der Waals surface area contributed by atoms with E-state index in [0.717, 1.165) is 6.08 Å². The van der Waals surface area contributed by atoms with Gasteiger partial charge in [0.05, 0.1) is 11.6 Å². The van der Waals surface area contributed by atoms with Crippen LogP contribution in [0.5, 0.6) is 5.75 Å². The Labute approximate surface area is 80.4 Å². The molecule has 1 aromatic rings. The van der Waals surface area contributed by atoms with E-state index in [0.29, 0.717) is 17.1 Å². The molecular formula is C10H8O4. The molecule has 0 aliphatic carbocycles. The zero-order chi connectivity index (χ0) is 9.97. The van der Waals surface area contributed by atoms with E-state index in [1.165, 1.54) is 0 Å². The third-order valence-electron chi connectivity index (χ3n) is 1.84. The highest BCUT2D eigenvalue weighted by Crippen LogP contribution is 2.30. The quantitative estimate of drug-likeness (QED) is 0.684. The molecule has 0 unspecified atom stereocenters. The van der Waals surface area contributed by atoms with Crippen molar-refractivity contribution in [2.24, 2.45) is 0 Å². The fourth-order valence-corrected chi connectivity index (χ4v) is 1.26. The summed E-state index contributed by atoms with van der Waals surface area (Å²) < 4.78 is 10.3. The Morgan fingerprint density at radius 1 is 1.36 bits per heavy atom. The lowest BCUT2D eigenvalue weighted by Crippen LogP contribution is -2.11. The highest BCUT2D eigenvalue weighted by Gasteiger charge is 2.16. The van der Waals surface area contributed by atoms with Gasteiger partial charge in [0.25, 0.3) is 0 Å². The van der Waals surface area contributed by atoms with E-state index >= 15 is 0 Å². The molecule has 0 radical (unpaired) electrons. The molecule has 0 saturated carbocycles. The van der Waals surface area contributed by atoms with Crippen molar-refractivity contribution < 1.29 is 19.4 Å². The zero-order valence-electron chi connectivity index (χ0n) is 7.27. The average molecular weight is 192 g/mol. The second-order valence-electron chi connectivity index (χ2n) is 2.75. The van der Waals surface area contributed by atoms with Crippen molar-refractivity contribution in [3.8, 4) is 5.75 Å². The van der Waals surface area contributed by atoms with Gasteiger partial charge in [-0.3, -0.25) is 0 Å². The number of carboxylic acid groups (broad SMARTS) is 1. The maximum absolute atomic E-state index is 10.5. The molecule has 1 heterocycles. The van der Waals surface area contributed by atoms with Gasteiger partial charge >= 0.3 is 5.97 Å². The lowest BCUT2D eigenvalue weighted by atomic mass is 10.1. The topological polar surface area (TPSA) is 55.8 Å². The van der Waals surface area contributed by atoms with Crippen molar-refractivity contribution >= 4 is 11.7 Å². The van der Waals surface area contributed by atoms with Crippen molar-refractivity contribution in [1.29, 1.82) is 0 Å². The zero-order valence-corrected chi connectivity index (χ0v) is 7.27. The molecule has 0 aromatic heterocycles. The molecule has 0 spiro atoms. The van der Waals surface area contributed by atoms with Gasteiger partial charge in [-0.2, -0.15) is 0 Å². The van der Waals surface area contributed by atoms with Gasteiger partial charge in [-0.25, -0.2) is 4.79 Å². The summed E-state index contributed by atoms with van der Waals surface area (Å²) in [6.07, 6.45) is 1.03. The highest BCUT2D eigenvalue weighted by molar-refractivity contribution is 5.89. The Morgan fingerprint density at radius 3 is 2.93 bits per heavy atom. The van der Waals surface area contributed by atoms with E-state index in [2.05, 4.69) is 0 Å². The number of aliphatic carboxylic acids is 1. The molecule has 0 amide bonds. The molecule has 1 aromatic carbocycles. The number of carbonyl (C=O) groups is 1. The molecule has 1 N–H and O–H groups in total. The van der Waals surface area contributed by atoms with Crippen LogP contribution >= 0.6 is 0 Å². The SMILES string of the molecule is O=C(O)/C=C1\OCOc2ccccc21. The third kappa shape index (κ3) is 1.54. The maximum Gasteiger partial charge on any atom is 0.332 e. The minimum absolute atomic E-state index is 0.0517. The van der Waals surface area contributed by atoms with Gasteiger partial charge < -0.3 is 14.6 Å². The van der Waals surface area contributed by atoms with Crippen molar-refractivity contribution in [1.82, 2.24) is 0 Å². The summed E-state index contributed by atoms with van der Waals surface area (Å²) in [4.78, 5) is 10.5. The lowest BCUT2D eigenvalue weighted by molar-refractivity contribution is -0.131. The normalized spacial score (nSPS) is 16.7. The summed E-state index contributed by atoms with van der Waals surface area (Å²) in [6, 6.07) is 7.14. The first-order valence-corrected chi connectivity index (χ1v) is 4.07. The maximum atomic E-state index is 10.5. The monoisotopic (exact) mass is 192 g/mol. The number of hydrogen-bond donors (Lipinski definition) is 1. The molecule has 0 bridgehead atoms. The van der Waals surface area contributed by atoms with Crippen molar-refractivity contribution in [2.45, 2.75) is 0 Å². The Kier molecular flexibility index (Phi) is 2.10. The van der Waals surface area contributed by atoms with Crippen LogP contribution in [-0.4, -0.2) is 17.9 Å². The van der Waals surface area contributed by atoms with Crippen LogP contribution in [-0.2, 0) is 9.53 Å². The van der Waals surface area contributed by atoms with Gasteiger partial charge in [0.2, 0.25) is 6.79 Å². The number of para-hydroxylation sites is 1. The molecule has 0 saturated heterocycles. The van der Waals surface area contributed by atoms with E-state index in [1.807, 2.05) is 6.07 Å². The average Bonchev–Trinajstić information content (AvgIpc) is 2.18. The summed E-state index contributed by atoms with van der Waals surface area (Å²) in [5.74, 6) is -0.0534. The summed E-state index contributed by atoms with van der Waals surface area (Å²) in [5.41, 5.74) is 0.668. The van der Waals surface area contributed by atoms with Crippen molar-refractivity contribution in [2.75, 3.05) is 6.79 Å². The summed E-state index contributed by atoms with van der Waals surface area (Å²) in [5, 5.41) is 8.59. The van der Waals surface area contributed by atoms with Crippen LogP contribution in [0.4, 0.5) is 0 Å². The van der Waals surface area contributed by atoms with E-state index in [9.17, 15) is 4.79 Å². The van der Waals surface area contributed by atoms with Gasteiger partial charge in [0.15, 0.2) is 0 Å². The number of carboxylic acids is 1. The molecule has 14 heavy (non-hydrogen) atoms. The van der Waals surface area contributed by atoms with Crippen molar-refractivity contribution in [3.05, 3.63) is 35.9 Å². The summed E-state index contributed by atoms with van der Waals surface area (Å²) >= 11 is 0. The first-order chi connectivity index (χ1) is 6.77. The number of rotatable bonds is 1. The molecule has 0 fully saturated rings. The van der Waals surface area contributed by atoms with Crippen LogP contribution in [0.2, 0.25) is 0 Å². The Morgan fingerprint density at radius 2 is 2.14 bits per heavy atom. The number of ether oxygens (including phenoxy) is 2. The van der Waals surface area contributed by atoms with Crippen LogP contribution in [0.15, 0.2) is 30.3 Å². The fraction of sp³-hybridized carbons (Fsp3) is 0.100. The summed E-state index contributed by atoms with van der Waals surface area (Å²) in [7, 11) is 0. The minimum Gasteiger partial charge on any atom is -0.478 e. The van der Waals surface area contributed by atoms with Crippen LogP contribution in [0.3, 0.4) is 0 Å². The van der Waals surface area contributed by atoms with Gasteiger partial charge in [-0.1, -0.05) is 12.1 Å². The van der Waals surface area contributed by atoms with Gasteiger partial charge in [-0.15, -0.1) is 0 Å². The molecule has 1 aliphatic rings. The lowest BCUT2D eigenvalue weighted by Gasteiger charge is -2.19. The standard InChI is InChI=1S/C10H8O4/c11-10(12)5-9-7-3-1-2-4-8(7)13-6-14-9/h1-5H,6H2,(H,11,12)/b9-5-. The Hall–Kier alpha value is -1.97. The smallest absolute Gasteiger partial charge is 0.332 e. The molecule has 72 valence electrons. The predicted molar refractivity (Wildman–Crippen MR) is 48.6 cm³/mol. The number of benzene rings is 1. The second-order valence-corrected chi connectivity index (χ2v) is 2.75. The van der Waals surface area contributed by atoms with Crippen LogP contribution in [0.1, 0.15) is 5.56 Å². The van der Waals surface area contributed by atoms with Crippen LogP contribution in [0.25, 0.3) is 5.76 Å². The molecular weight excluding hydrogens is 184 g/mol. The van der Waals surface area contributed by atoms with Gasteiger partial charge in [0.1, 0.15) is 11.5 Å². The largest absolute Gasteiger partial charge is 0.478 e. The van der Waals surface area contributed by atoms with Crippen LogP contribution < -0.4 is 4.74 Å². The number of fused-ring (bicyclic) bond motifs is 1. The predicted octanol–water partition coefficient (Wildman–Crippen LogP) is 1.48.